The van der Waals surface area contributed by atoms with E-state index in [0.717, 1.165) is 4.47 Å². The van der Waals surface area contributed by atoms with E-state index < -0.39 is 11.5 Å². The van der Waals surface area contributed by atoms with E-state index in [1.165, 1.54) is 20.3 Å². The van der Waals surface area contributed by atoms with Crippen molar-refractivity contribution in [3.05, 3.63) is 61.3 Å². The fourth-order valence-corrected chi connectivity index (χ4v) is 3.76. The molecule has 0 unspecified atom stereocenters. The smallest absolute Gasteiger partial charge is 0.349 e. The van der Waals surface area contributed by atoms with E-state index in [9.17, 15) is 9.59 Å². The molecule has 0 aliphatic rings. The second-order valence-corrected chi connectivity index (χ2v) is 7.04. The van der Waals surface area contributed by atoms with Crippen molar-refractivity contribution in [2.24, 2.45) is 0 Å². The van der Waals surface area contributed by atoms with Gasteiger partial charge in [-0.05, 0) is 46.3 Å². The molecule has 0 aliphatic heterocycles. The molecule has 6 nitrogen and oxygen atoms in total. The molecule has 1 N–H and O–H groups in total. The summed E-state index contributed by atoms with van der Waals surface area (Å²) in [5, 5.41) is 3.27. The Bertz CT molecular complexity index is 1060. The van der Waals surface area contributed by atoms with Crippen molar-refractivity contribution in [2.45, 2.75) is 0 Å². The van der Waals surface area contributed by atoms with Crippen molar-refractivity contribution < 1.29 is 18.7 Å². The second-order valence-electron chi connectivity index (χ2n) is 5.27. The number of methoxy groups -OCH3 is 2. The van der Waals surface area contributed by atoms with Gasteiger partial charge in [0, 0.05) is 15.9 Å². The van der Waals surface area contributed by atoms with Crippen LogP contribution in [0.3, 0.4) is 0 Å². The molecule has 2 aromatic carbocycles. The Hall–Kier alpha value is -2.32. The summed E-state index contributed by atoms with van der Waals surface area (Å²) < 4.78 is 17.1. The molecule has 0 radical (unpaired) electrons. The van der Waals surface area contributed by atoms with E-state index in [4.69, 9.17) is 13.9 Å². The Morgan fingerprint density at radius 2 is 1.85 bits per heavy atom. The summed E-state index contributed by atoms with van der Waals surface area (Å²) >= 11 is 6.71. The number of nitrogens with one attached hydrogen (secondary N) is 1. The Morgan fingerprint density at radius 1 is 1.08 bits per heavy atom. The lowest BCUT2D eigenvalue weighted by molar-refractivity contribution is 0.102. The summed E-state index contributed by atoms with van der Waals surface area (Å²) in [5.74, 6) is 0.373. The van der Waals surface area contributed by atoms with Gasteiger partial charge in [-0.15, -0.1) is 0 Å². The maximum absolute atomic E-state index is 12.6. The maximum Gasteiger partial charge on any atom is 0.349 e. The molecule has 0 aliphatic carbocycles. The number of rotatable bonds is 4. The second kappa shape index (κ2) is 7.51. The first-order valence-electron chi connectivity index (χ1n) is 7.39. The summed E-state index contributed by atoms with van der Waals surface area (Å²) in [4.78, 5) is 24.9. The number of carbonyl (C=O) groups excluding carboxylic acids is 1. The van der Waals surface area contributed by atoms with Gasteiger partial charge in [0.05, 0.1) is 24.4 Å². The van der Waals surface area contributed by atoms with E-state index in [-0.39, 0.29) is 5.56 Å². The van der Waals surface area contributed by atoms with E-state index in [1.54, 1.807) is 30.3 Å². The number of fused-ring (bicyclic) bond motifs is 1. The van der Waals surface area contributed by atoms with Crippen LogP contribution in [0.5, 0.6) is 11.5 Å². The first kappa shape index (κ1) is 18.5. The molecule has 1 heterocycles. The van der Waals surface area contributed by atoms with Gasteiger partial charge in [-0.1, -0.05) is 15.9 Å². The molecular formula is C18H13Br2NO5. The highest BCUT2D eigenvalue weighted by atomic mass is 79.9. The lowest BCUT2D eigenvalue weighted by atomic mass is 10.1. The van der Waals surface area contributed by atoms with Gasteiger partial charge in [-0.2, -0.15) is 0 Å². The summed E-state index contributed by atoms with van der Waals surface area (Å²) in [7, 11) is 3.00. The standard InChI is InChI=1S/C18H13Br2NO5/c1-24-11-3-4-15(25-2)14(8-11)21-17(22)12-6-9-5-10(19)7-13(20)16(9)26-18(12)23/h3-8H,1-2H3,(H,21,22). The van der Waals surface area contributed by atoms with Crippen LogP contribution in [0.1, 0.15) is 10.4 Å². The van der Waals surface area contributed by atoms with Gasteiger partial charge < -0.3 is 19.2 Å². The molecule has 3 rings (SSSR count). The Morgan fingerprint density at radius 3 is 2.54 bits per heavy atom. The average Bonchev–Trinajstić information content (AvgIpc) is 2.61. The average molecular weight is 483 g/mol. The third kappa shape index (κ3) is 3.61. The lowest BCUT2D eigenvalue weighted by Crippen LogP contribution is -2.21. The molecular weight excluding hydrogens is 470 g/mol. The predicted octanol–water partition coefficient (Wildman–Crippen LogP) is 4.59. The molecule has 1 aromatic heterocycles. The van der Waals surface area contributed by atoms with Crippen molar-refractivity contribution in [1.29, 1.82) is 0 Å². The summed E-state index contributed by atoms with van der Waals surface area (Å²) in [6.45, 7) is 0. The van der Waals surface area contributed by atoms with E-state index in [0.29, 0.717) is 32.6 Å². The number of carbonyl (C=O) groups is 1. The Labute approximate surface area is 165 Å². The zero-order valence-electron chi connectivity index (χ0n) is 13.8. The van der Waals surface area contributed by atoms with Crippen LogP contribution in [0, 0.1) is 0 Å². The molecule has 26 heavy (non-hydrogen) atoms. The Balaban J connectivity index is 2.03. The summed E-state index contributed by atoms with van der Waals surface area (Å²) in [6, 6.07) is 9.96. The number of amides is 1. The monoisotopic (exact) mass is 481 g/mol. The van der Waals surface area contributed by atoms with Crippen LogP contribution < -0.4 is 20.4 Å². The molecule has 0 saturated carbocycles. The fourth-order valence-electron chi connectivity index (χ4n) is 2.42. The third-order valence-electron chi connectivity index (χ3n) is 3.65. The molecule has 1 amide bonds. The number of hydrogen-bond acceptors (Lipinski definition) is 5. The van der Waals surface area contributed by atoms with E-state index in [2.05, 4.69) is 37.2 Å². The lowest BCUT2D eigenvalue weighted by Gasteiger charge is -2.11. The maximum atomic E-state index is 12.6. The van der Waals surface area contributed by atoms with Crippen molar-refractivity contribution in [2.75, 3.05) is 19.5 Å². The number of hydrogen-bond donors (Lipinski definition) is 1. The van der Waals surface area contributed by atoms with Crippen molar-refractivity contribution in [1.82, 2.24) is 0 Å². The minimum atomic E-state index is -0.736. The van der Waals surface area contributed by atoms with Crippen LogP contribution in [0.2, 0.25) is 0 Å². The zero-order chi connectivity index (χ0) is 18.8. The molecule has 0 saturated heterocycles. The van der Waals surface area contributed by atoms with Gasteiger partial charge in [-0.25, -0.2) is 4.79 Å². The van der Waals surface area contributed by atoms with Crippen LogP contribution in [0.15, 0.2) is 54.6 Å². The van der Waals surface area contributed by atoms with Crippen LogP contribution in [0.4, 0.5) is 5.69 Å². The largest absolute Gasteiger partial charge is 0.497 e. The topological polar surface area (TPSA) is 77.8 Å². The van der Waals surface area contributed by atoms with Gasteiger partial charge in [0.25, 0.3) is 5.91 Å². The highest BCUT2D eigenvalue weighted by Gasteiger charge is 2.17. The van der Waals surface area contributed by atoms with Gasteiger partial charge in [0.15, 0.2) is 5.58 Å². The molecule has 3 aromatic rings. The summed E-state index contributed by atoms with van der Waals surface area (Å²) in [5.41, 5.74) is -0.104. The zero-order valence-corrected chi connectivity index (χ0v) is 16.9. The first-order valence-corrected chi connectivity index (χ1v) is 8.98. The van der Waals surface area contributed by atoms with Crippen molar-refractivity contribution >= 4 is 54.4 Å². The molecule has 0 spiro atoms. The van der Waals surface area contributed by atoms with Crippen LogP contribution in [-0.2, 0) is 0 Å². The number of ether oxygens (including phenoxy) is 2. The van der Waals surface area contributed by atoms with Crippen molar-refractivity contribution in [3.63, 3.8) is 0 Å². The molecule has 0 atom stereocenters. The minimum Gasteiger partial charge on any atom is -0.497 e. The fraction of sp³-hybridized carbons (Fsp3) is 0.111. The van der Waals surface area contributed by atoms with Crippen LogP contribution >= 0.6 is 31.9 Å². The van der Waals surface area contributed by atoms with Gasteiger partial charge in [0.1, 0.15) is 17.1 Å². The summed E-state index contributed by atoms with van der Waals surface area (Å²) in [6.07, 6.45) is 0. The van der Waals surface area contributed by atoms with Crippen LogP contribution in [0.25, 0.3) is 11.0 Å². The minimum absolute atomic E-state index is 0.118. The van der Waals surface area contributed by atoms with Gasteiger partial charge in [-0.3, -0.25) is 4.79 Å². The van der Waals surface area contributed by atoms with E-state index in [1.807, 2.05) is 0 Å². The Kier molecular flexibility index (Phi) is 5.33. The molecule has 0 bridgehead atoms. The van der Waals surface area contributed by atoms with E-state index >= 15 is 0 Å². The predicted molar refractivity (Wildman–Crippen MR) is 105 cm³/mol. The highest BCUT2D eigenvalue weighted by molar-refractivity contribution is 9.11. The number of halogens is 2. The van der Waals surface area contributed by atoms with Crippen LogP contribution in [-0.4, -0.2) is 20.1 Å². The quantitative estimate of drug-likeness (QED) is 0.550. The highest BCUT2D eigenvalue weighted by Crippen LogP contribution is 2.30. The number of anilines is 1. The molecule has 8 heteroatoms. The normalized spacial score (nSPS) is 10.6. The number of benzene rings is 2. The first-order chi connectivity index (χ1) is 12.4. The third-order valence-corrected chi connectivity index (χ3v) is 4.70. The molecule has 0 fully saturated rings. The van der Waals surface area contributed by atoms with Gasteiger partial charge >= 0.3 is 5.63 Å². The SMILES string of the molecule is COc1ccc(OC)c(NC(=O)c2cc3cc(Br)cc(Br)c3oc2=O)c1. The van der Waals surface area contributed by atoms with Crippen molar-refractivity contribution in [3.8, 4) is 11.5 Å². The van der Waals surface area contributed by atoms with Gasteiger partial charge in [0.2, 0.25) is 0 Å². The molecule has 134 valence electrons.